The number of nitrogens with two attached hydrogens (primary N) is 1. The third-order valence-electron chi connectivity index (χ3n) is 12.0. The van der Waals surface area contributed by atoms with Gasteiger partial charge in [0.1, 0.15) is 11.9 Å². The van der Waals surface area contributed by atoms with E-state index in [0.29, 0.717) is 59.7 Å². The van der Waals surface area contributed by atoms with E-state index in [-0.39, 0.29) is 24.1 Å². The Labute approximate surface area is 320 Å². The van der Waals surface area contributed by atoms with Crippen molar-refractivity contribution in [3.63, 3.8) is 0 Å². The van der Waals surface area contributed by atoms with Crippen LogP contribution < -0.4 is 26.2 Å². The second-order valence-electron chi connectivity index (χ2n) is 15.7. The van der Waals surface area contributed by atoms with Gasteiger partial charge in [0, 0.05) is 56.4 Å². The number of carbonyl (C=O) groups excluding carboxylic acids is 4. The number of primary amides is 1. The average molecular weight is 748 g/mol. The van der Waals surface area contributed by atoms with Gasteiger partial charge >= 0.3 is 0 Å². The number of aromatic nitrogens is 2. The lowest BCUT2D eigenvalue weighted by Crippen LogP contribution is -2.51. The summed E-state index contributed by atoms with van der Waals surface area (Å²) < 4.78 is 0. The fraction of sp³-hybridized carbons (Fsp3) is 0.463. The van der Waals surface area contributed by atoms with Crippen LogP contribution in [0.4, 0.5) is 23.0 Å². The molecule has 2 aromatic carbocycles. The normalized spacial score (nSPS) is 23.7. The summed E-state index contributed by atoms with van der Waals surface area (Å²) >= 11 is 0. The van der Waals surface area contributed by atoms with Gasteiger partial charge in [-0.05, 0) is 112 Å². The average Bonchev–Trinajstić information content (AvgIpc) is 3.76. The monoisotopic (exact) mass is 747 g/mol. The minimum absolute atomic E-state index is 0.0884. The Morgan fingerprint density at radius 2 is 1.67 bits per heavy atom. The molecule has 5 aliphatic heterocycles. The molecule has 1 aromatic heterocycles. The van der Waals surface area contributed by atoms with Crippen LogP contribution in [-0.4, -0.2) is 107 Å². The number of benzene rings is 2. The zero-order chi connectivity index (χ0) is 38.2. The van der Waals surface area contributed by atoms with Crippen molar-refractivity contribution in [2.75, 3.05) is 67.5 Å². The second kappa shape index (κ2) is 15.4. The summed E-state index contributed by atoms with van der Waals surface area (Å²) in [5.74, 6) is 0.316. The van der Waals surface area contributed by atoms with Crippen molar-refractivity contribution in [2.24, 2.45) is 17.6 Å². The van der Waals surface area contributed by atoms with Crippen molar-refractivity contribution in [3.8, 4) is 0 Å². The second-order valence-corrected chi connectivity index (χ2v) is 15.7. The maximum atomic E-state index is 13.4. The number of aliphatic hydroxyl groups excluding tert-OH is 1. The number of nitrogens with one attached hydrogen (secondary N) is 2. The first kappa shape index (κ1) is 36.6. The van der Waals surface area contributed by atoms with Crippen molar-refractivity contribution in [2.45, 2.75) is 56.9 Å². The van der Waals surface area contributed by atoms with Crippen molar-refractivity contribution >= 4 is 46.6 Å². The Kier molecular flexibility index (Phi) is 10.3. The molecule has 4 fully saturated rings. The molecule has 6 heterocycles. The number of anilines is 4. The Morgan fingerprint density at radius 1 is 0.909 bits per heavy atom. The maximum Gasteiger partial charge on any atom is 0.271 e. The molecule has 8 rings (SSSR count). The molecule has 0 bridgehead atoms. The Balaban J connectivity index is 0.835. The molecule has 288 valence electrons. The first-order chi connectivity index (χ1) is 26.6. The number of allylic oxidation sites excluding steroid dienone is 1. The van der Waals surface area contributed by atoms with E-state index < -0.39 is 23.8 Å². The summed E-state index contributed by atoms with van der Waals surface area (Å²) in [6.45, 7) is 10.3. The van der Waals surface area contributed by atoms with E-state index >= 15 is 0 Å². The topological polar surface area (TPSA) is 177 Å². The quantitative estimate of drug-likeness (QED) is 0.223. The summed E-state index contributed by atoms with van der Waals surface area (Å²) in [5, 5.41) is 15.6. The number of aliphatic hydroxyl groups is 1. The Hall–Kier alpha value is -5.34. The SMILES string of the molecule is C=C1CCC(N2C(=O)c3ccc(N4CC[C@H](CN5CCC(c6ccc(Nc7nc(N8CCC[C@@H](CO)C8)cnc7C(N)=O)cc6)CC5)C4)cc3C2=O)C(=O)N1. The van der Waals surface area contributed by atoms with Gasteiger partial charge in [0.25, 0.3) is 17.7 Å². The lowest BCUT2D eigenvalue weighted by molar-refractivity contribution is -0.125. The highest BCUT2D eigenvalue weighted by atomic mass is 16.3. The number of nitrogens with zero attached hydrogens (tertiary/aromatic N) is 6. The van der Waals surface area contributed by atoms with Crippen LogP contribution in [0.1, 0.15) is 87.6 Å². The summed E-state index contributed by atoms with van der Waals surface area (Å²) in [5.41, 5.74) is 10.1. The van der Waals surface area contributed by atoms with Crippen LogP contribution in [0.25, 0.3) is 0 Å². The minimum Gasteiger partial charge on any atom is -0.396 e. The number of imide groups is 1. The number of piperidine rings is 3. The molecule has 5 N–H and O–H groups in total. The molecule has 4 saturated heterocycles. The molecule has 14 nitrogen and oxygen atoms in total. The highest BCUT2D eigenvalue weighted by Gasteiger charge is 2.44. The van der Waals surface area contributed by atoms with Crippen molar-refractivity contribution < 1.29 is 24.3 Å². The Bertz CT molecular complexity index is 2000. The van der Waals surface area contributed by atoms with Gasteiger partial charge in [-0.25, -0.2) is 9.97 Å². The van der Waals surface area contributed by atoms with Crippen molar-refractivity contribution in [3.05, 3.63) is 83.3 Å². The summed E-state index contributed by atoms with van der Waals surface area (Å²) in [6.07, 6.45) is 7.63. The highest BCUT2D eigenvalue weighted by Crippen LogP contribution is 2.35. The van der Waals surface area contributed by atoms with Gasteiger partial charge in [-0.1, -0.05) is 18.7 Å². The number of hydrogen-bond acceptors (Lipinski definition) is 11. The smallest absolute Gasteiger partial charge is 0.271 e. The van der Waals surface area contributed by atoms with Gasteiger partial charge in [0.2, 0.25) is 5.91 Å². The van der Waals surface area contributed by atoms with Gasteiger partial charge in [-0.2, -0.15) is 0 Å². The number of fused-ring (bicyclic) bond motifs is 1. The van der Waals surface area contributed by atoms with E-state index in [0.717, 1.165) is 87.6 Å². The van der Waals surface area contributed by atoms with Crippen LogP contribution in [-0.2, 0) is 4.79 Å². The number of hydrogen-bond donors (Lipinski definition) is 4. The lowest BCUT2D eigenvalue weighted by Gasteiger charge is -2.34. The van der Waals surface area contributed by atoms with Crippen LogP contribution in [0, 0.1) is 11.8 Å². The number of carbonyl (C=O) groups is 4. The number of amides is 4. The van der Waals surface area contributed by atoms with Crippen LogP contribution >= 0.6 is 0 Å². The summed E-state index contributed by atoms with van der Waals surface area (Å²) in [7, 11) is 0. The maximum absolute atomic E-state index is 13.4. The highest BCUT2D eigenvalue weighted by molar-refractivity contribution is 6.23. The number of rotatable bonds is 10. The zero-order valence-electron chi connectivity index (χ0n) is 31.1. The molecule has 3 aromatic rings. The van der Waals surface area contributed by atoms with Gasteiger partial charge in [0.05, 0.1) is 17.3 Å². The minimum atomic E-state index is -0.813. The first-order valence-electron chi connectivity index (χ1n) is 19.5. The molecule has 3 atom stereocenters. The van der Waals surface area contributed by atoms with E-state index in [1.807, 2.05) is 24.3 Å². The molecular weight excluding hydrogens is 699 g/mol. The van der Waals surface area contributed by atoms with Crippen LogP contribution in [0.15, 0.2) is 60.9 Å². The molecule has 5 aliphatic rings. The molecule has 0 spiro atoms. The molecule has 0 aliphatic carbocycles. The standard InChI is InChI=1S/C41H49N9O5/c1-25-4-11-34(39(53)44-25)50-40(54)32-10-9-31(19-33(32)41(50)55)48-18-12-26(22-48)21-47-16-13-29(14-17-47)28-5-7-30(8-6-28)45-38-36(37(42)52)43-20-35(46-38)49-15-2-3-27(23-49)24-51/h5-10,19-20,26-27,29,34,51H,1-4,11-18,21-24H2,(H2,42,52)(H,44,53)(H,45,46)/t26-,27-,34?/m1/s1. The zero-order valence-corrected chi connectivity index (χ0v) is 31.1. The Morgan fingerprint density at radius 3 is 2.42 bits per heavy atom. The summed E-state index contributed by atoms with van der Waals surface area (Å²) in [6, 6.07) is 13.0. The fourth-order valence-electron chi connectivity index (χ4n) is 8.96. The van der Waals surface area contributed by atoms with E-state index in [9.17, 15) is 24.3 Å². The molecule has 1 unspecified atom stereocenters. The van der Waals surface area contributed by atoms with Crippen molar-refractivity contribution in [1.82, 2.24) is 25.1 Å². The molecular formula is C41H49N9O5. The van der Waals surface area contributed by atoms with E-state index in [4.69, 9.17) is 10.7 Å². The summed E-state index contributed by atoms with van der Waals surface area (Å²) in [4.78, 5) is 68.6. The first-order valence-corrected chi connectivity index (χ1v) is 19.5. The van der Waals surface area contributed by atoms with Gasteiger partial charge in [-0.3, -0.25) is 24.1 Å². The predicted octanol–water partition coefficient (Wildman–Crippen LogP) is 3.62. The van der Waals surface area contributed by atoms with E-state index in [1.165, 1.54) is 5.56 Å². The lowest BCUT2D eigenvalue weighted by atomic mass is 9.89. The fourth-order valence-corrected chi connectivity index (χ4v) is 8.96. The van der Waals surface area contributed by atoms with Gasteiger partial charge < -0.3 is 36.2 Å². The van der Waals surface area contributed by atoms with Crippen LogP contribution in [0.2, 0.25) is 0 Å². The third-order valence-corrected chi connectivity index (χ3v) is 12.0. The molecule has 0 radical (unpaired) electrons. The predicted molar refractivity (Wildman–Crippen MR) is 208 cm³/mol. The van der Waals surface area contributed by atoms with Crippen LogP contribution in [0.5, 0.6) is 0 Å². The van der Waals surface area contributed by atoms with Gasteiger partial charge in [-0.15, -0.1) is 0 Å². The molecule has 55 heavy (non-hydrogen) atoms. The van der Waals surface area contributed by atoms with E-state index in [1.54, 1.807) is 12.3 Å². The molecule has 4 amide bonds. The van der Waals surface area contributed by atoms with Gasteiger partial charge in [0.15, 0.2) is 11.5 Å². The molecule has 14 heteroatoms. The van der Waals surface area contributed by atoms with Crippen LogP contribution in [0.3, 0.4) is 0 Å². The van der Waals surface area contributed by atoms with Crippen molar-refractivity contribution in [1.29, 1.82) is 0 Å². The number of likely N-dealkylation sites (tertiary alicyclic amines) is 1. The molecule has 0 saturated carbocycles. The third kappa shape index (κ3) is 7.52. The largest absolute Gasteiger partial charge is 0.396 e. The van der Waals surface area contributed by atoms with E-state index in [2.05, 4.69) is 49.0 Å².